The fourth-order valence-corrected chi connectivity index (χ4v) is 5.65. The summed E-state index contributed by atoms with van der Waals surface area (Å²) in [7, 11) is 0. The first-order valence-electron chi connectivity index (χ1n) is 11.0. The third-order valence-corrected chi connectivity index (χ3v) is 6.92. The molecule has 2 nitrogen and oxygen atoms in total. The smallest absolute Gasteiger partial charge is 0.145 e. The van der Waals surface area contributed by atoms with E-state index in [0.29, 0.717) is 0 Å². The minimum Gasteiger partial charge on any atom is -0.283 e. The van der Waals surface area contributed by atoms with Gasteiger partial charge in [0.15, 0.2) is 0 Å². The molecular formula is C28H30N2S. The molecule has 0 aliphatic heterocycles. The lowest BCUT2D eigenvalue weighted by Crippen LogP contribution is -2.12. The standard InChI is InChI=1S/C28H30N2S/c1-27(2,3)16-18-11-12-23-24(13-18)31-25-17-29-26(30(23)25)20-14-19-9-7-8-10-21(19)22(15-20)28(4,5)6/h7-15,17H,16H2,1-6H3. The van der Waals surface area contributed by atoms with Crippen LogP contribution in [0.4, 0.5) is 0 Å². The summed E-state index contributed by atoms with van der Waals surface area (Å²) in [4.78, 5) is 6.06. The van der Waals surface area contributed by atoms with Crippen LogP contribution >= 0.6 is 11.3 Å². The molecule has 2 aromatic heterocycles. The molecule has 0 saturated heterocycles. The first kappa shape index (κ1) is 20.3. The molecule has 0 amide bonds. The highest BCUT2D eigenvalue weighted by molar-refractivity contribution is 7.24. The molecule has 0 N–H and O–H groups in total. The van der Waals surface area contributed by atoms with Crippen molar-refractivity contribution in [2.75, 3.05) is 0 Å². The van der Waals surface area contributed by atoms with Crippen LogP contribution in [0.1, 0.15) is 52.7 Å². The molecule has 0 saturated carbocycles. The van der Waals surface area contributed by atoms with Gasteiger partial charge in [0.05, 0.1) is 16.4 Å². The van der Waals surface area contributed by atoms with Crippen LogP contribution in [0.3, 0.4) is 0 Å². The Bertz CT molecular complexity index is 1420. The number of aromatic nitrogens is 2. The van der Waals surface area contributed by atoms with Crippen molar-refractivity contribution in [2.45, 2.75) is 53.4 Å². The third-order valence-electron chi connectivity index (χ3n) is 5.87. The van der Waals surface area contributed by atoms with E-state index in [-0.39, 0.29) is 10.8 Å². The van der Waals surface area contributed by atoms with Crippen molar-refractivity contribution in [3.8, 4) is 11.4 Å². The van der Waals surface area contributed by atoms with Gasteiger partial charge in [0.25, 0.3) is 0 Å². The molecule has 5 rings (SSSR count). The quantitative estimate of drug-likeness (QED) is 0.278. The minimum atomic E-state index is 0.0601. The summed E-state index contributed by atoms with van der Waals surface area (Å²) in [5, 5.41) is 2.60. The Labute approximate surface area is 188 Å². The first-order valence-corrected chi connectivity index (χ1v) is 11.8. The minimum absolute atomic E-state index is 0.0601. The molecular weight excluding hydrogens is 396 g/mol. The van der Waals surface area contributed by atoms with Gasteiger partial charge in [-0.15, -0.1) is 11.3 Å². The van der Waals surface area contributed by atoms with E-state index in [4.69, 9.17) is 4.98 Å². The largest absolute Gasteiger partial charge is 0.283 e. The second kappa shape index (κ2) is 6.93. The lowest BCUT2D eigenvalue weighted by molar-refractivity contribution is 0.411. The van der Waals surface area contributed by atoms with Gasteiger partial charge in [0.2, 0.25) is 0 Å². The van der Waals surface area contributed by atoms with Crippen molar-refractivity contribution in [2.24, 2.45) is 5.41 Å². The molecule has 5 aromatic rings. The maximum atomic E-state index is 4.86. The lowest BCUT2D eigenvalue weighted by Gasteiger charge is -2.22. The van der Waals surface area contributed by atoms with Gasteiger partial charge in [-0.3, -0.25) is 4.40 Å². The summed E-state index contributed by atoms with van der Waals surface area (Å²) in [6, 6.07) is 20.2. The zero-order valence-corrected chi connectivity index (χ0v) is 20.1. The molecule has 3 heteroatoms. The van der Waals surface area contributed by atoms with Crippen molar-refractivity contribution in [3.63, 3.8) is 0 Å². The molecule has 0 bridgehead atoms. The summed E-state index contributed by atoms with van der Waals surface area (Å²) >= 11 is 1.83. The molecule has 0 radical (unpaired) electrons. The van der Waals surface area contributed by atoms with Crippen LogP contribution in [0.2, 0.25) is 0 Å². The highest BCUT2D eigenvalue weighted by Gasteiger charge is 2.21. The summed E-state index contributed by atoms with van der Waals surface area (Å²) < 4.78 is 3.66. The maximum absolute atomic E-state index is 4.86. The average Bonchev–Trinajstić information content (AvgIpc) is 3.23. The predicted molar refractivity (Wildman–Crippen MR) is 135 cm³/mol. The van der Waals surface area contributed by atoms with Gasteiger partial charge >= 0.3 is 0 Å². The van der Waals surface area contributed by atoms with Gasteiger partial charge in [0, 0.05) is 5.56 Å². The highest BCUT2D eigenvalue weighted by Crippen LogP contribution is 2.37. The van der Waals surface area contributed by atoms with Gasteiger partial charge in [-0.1, -0.05) is 71.9 Å². The van der Waals surface area contributed by atoms with E-state index < -0.39 is 0 Å². The summed E-state index contributed by atoms with van der Waals surface area (Å²) in [5.41, 5.74) is 5.54. The van der Waals surface area contributed by atoms with E-state index >= 15 is 0 Å². The summed E-state index contributed by atoms with van der Waals surface area (Å²) in [6.07, 6.45) is 3.11. The summed E-state index contributed by atoms with van der Waals surface area (Å²) in [6.45, 7) is 13.8. The predicted octanol–water partition coefficient (Wildman–Crippen LogP) is 8.26. The molecule has 158 valence electrons. The first-order chi connectivity index (χ1) is 14.6. The molecule has 0 unspecified atom stereocenters. The topological polar surface area (TPSA) is 17.3 Å². The Balaban J connectivity index is 1.72. The van der Waals surface area contributed by atoms with Crippen molar-refractivity contribution in [3.05, 3.63) is 71.9 Å². The number of hydrogen-bond acceptors (Lipinski definition) is 2. The Morgan fingerprint density at radius 1 is 0.903 bits per heavy atom. The highest BCUT2D eigenvalue weighted by atomic mass is 32.1. The number of imidazole rings is 1. The molecule has 0 atom stereocenters. The number of thiazole rings is 1. The van der Waals surface area contributed by atoms with Crippen LogP contribution in [0.15, 0.2) is 60.8 Å². The lowest BCUT2D eigenvalue weighted by atomic mass is 9.82. The SMILES string of the molecule is CC(C)(C)Cc1ccc2c(c1)sc1cnc(-c3cc(C(C)(C)C)c4ccccc4c3)n12. The zero-order chi connectivity index (χ0) is 22.0. The Hall–Kier alpha value is -2.65. The van der Waals surface area contributed by atoms with Crippen molar-refractivity contribution >= 4 is 37.2 Å². The molecule has 0 spiro atoms. The molecule has 3 aromatic carbocycles. The average molecular weight is 427 g/mol. The molecule has 0 aliphatic rings. The van der Waals surface area contributed by atoms with E-state index in [2.05, 4.69) is 101 Å². The summed E-state index contributed by atoms with van der Waals surface area (Å²) in [5.74, 6) is 1.03. The zero-order valence-electron chi connectivity index (χ0n) is 19.3. The third kappa shape index (κ3) is 3.65. The normalized spacial score (nSPS) is 13.0. The van der Waals surface area contributed by atoms with E-state index in [0.717, 1.165) is 12.2 Å². The van der Waals surface area contributed by atoms with E-state index in [9.17, 15) is 0 Å². The number of benzene rings is 3. The van der Waals surface area contributed by atoms with Crippen molar-refractivity contribution in [1.29, 1.82) is 0 Å². The maximum Gasteiger partial charge on any atom is 0.145 e. The van der Waals surface area contributed by atoms with E-state index in [1.54, 1.807) is 0 Å². The van der Waals surface area contributed by atoms with E-state index in [1.165, 1.54) is 42.5 Å². The Kier molecular flexibility index (Phi) is 4.53. The van der Waals surface area contributed by atoms with Crippen molar-refractivity contribution in [1.82, 2.24) is 9.38 Å². The Morgan fingerprint density at radius 2 is 1.68 bits per heavy atom. The van der Waals surface area contributed by atoms with Gasteiger partial charge in [0.1, 0.15) is 10.7 Å². The fraction of sp³-hybridized carbons (Fsp3) is 0.321. The van der Waals surface area contributed by atoms with Gasteiger partial charge < -0.3 is 0 Å². The van der Waals surface area contributed by atoms with Crippen molar-refractivity contribution < 1.29 is 0 Å². The second-order valence-corrected chi connectivity index (χ2v) is 12.0. The number of fused-ring (bicyclic) bond motifs is 4. The number of nitrogens with zero attached hydrogens (tertiary/aromatic N) is 2. The van der Waals surface area contributed by atoms with Crippen LogP contribution in [0.5, 0.6) is 0 Å². The molecule has 2 heterocycles. The van der Waals surface area contributed by atoms with Crippen LogP contribution in [0.25, 0.3) is 37.2 Å². The molecule has 31 heavy (non-hydrogen) atoms. The van der Waals surface area contributed by atoms with Gasteiger partial charge in [-0.25, -0.2) is 4.98 Å². The van der Waals surface area contributed by atoms with E-state index in [1.807, 2.05) is 17.5 Å². The number of hydrogen-bond donors (Lipinski definition) is 0. The van der Waals surface area contributed by atoms with Crippen LogP contribution in [0, 0.1) is 5.41 Å². The fourth-order valence-electron chi connectivity index (χ4n) is 4.56. The van der Waals surface area contributed by atoms with Crippen LogP contribution < -0.4 is 0 Å². The van der Waals surface area contributed by atoms with Crippen LogP contribution in [-0.2, 0) is 11.8 Å². The number of rotatable bonds is 2. The molecule has 0 fully saturated rings. The second-order valence-electron chi connectivity index (χ2n) is 10.9. The van der Waals surface area contributed by atoms with Gasteiger partial charge in [-0.05, 0) is 63.4 Å². The van der Waals surface area contributed by atoms with Gasteiger partial charge in [-0.2, -0.15) is 0 Å². The monoisotopic (exact) mass is 426 g/mol. The molecule has 0 aliphatic carbocycles. The van der Waals surface area contributed by atoms with Crippen LogP contribution in [-0.4, -0.2) is 9.38 Å². The Morgan fingerprint density at radius 3 is 2.42 bits per heavy atom.